The van der Waals surface area contributed by atoms with Crippen molar-refractivity contribution in [2.75, 3.05) is 18.6 Å². The molecule has 1 saturated heterocycles. The van der Waals surface area contributed by atoms with E-state index in [0.717, 1.165) is 25.2 Å². The van der Waals surface area contributed by atoms with Gasteiger partial charge in [-0.15, -0.1) is 0 Å². The number of amides is 2. The molecule has 7 heteroatoms. The SMILES string of the molecule is COC(=O)c1ccc(C(=O)COc2ccc(N3C(=O)C4CCC5C=CC(CC4C3=O)C3CC53)cc2)cc1. The molecule has 0 N–H and O–H groups in total. The zero-order chi connectivity index (χ0) is 25.7. The number of allylic oxidation sites excluding steroid dienone is 2. The lowest BCUT2D eigenvalue weighted by molar-refractivity contribution is -0.122. The van der Waals surface area contributed by atoms with Gasteiger partial charge in [-0.1, -0.05) is 24.3 Å². The number of carbonyl (C=O) groups excluding carboxylic acids is 4. The predicted octanol–water partition coefficient (Wildman–Crippen LogP) is 4.46. The number of ketones is 1. The fourth-order valence-electron chi connectivity index (χ4n) is 6.48. The number of anilines is 1. The first kappa shape index (κ1) is 23.6. The van der Waals surface area contributed by atoms with Gasteiger partial charge in [0.05, 0.1) is 30.2 Å². The Hall–Kier alpha value is -3.74. The number of ether oxygens (including phenoxy) is 2. The van der Waals surface area contributed by atoms with E-state index in [2.05, 4.69) is 16.9 Å². The lowest BCUT2D eigenvalue weighted by atomic mass is 9.82. The smallest absolute Gasteiger partial charge is 0.337 e. The van der Waals surface area contributed by atoms with Crippen molar-refractivity contribution in [3.05, 3.63) is 71.8 Å². The third-order valence-electron chi connectivity index (χ3n) is 8.59. The van der Waals surface area contributed by atoms with Gasteiger partial charge in [-0.25, -0.2) is 4.79 Å². The number of fused-ring (bicyclic) bond motifs is 1. The summed E-state index contributed by atoms with van der Waals surface area (Å²) < 4.78 is 10.3. The molecule has 6 atom stereocenters. The summed E-state index contributed by atoms with van der Waals surface area (Å²) in [5.74, 6) is 1.50. The summed E-state index contributed by atoms with van der Waals surface area (Å²) >= 11 is 0. The minimum Gasteiger partial charge on any atom is -0.485 e. The van der Waals surface area contributed by atoms with Crippen molar-refractivity contribution < 1.29 is 28.7 Å². The zero-order valence-electron chi connectivity index (χ0n) is 20.7. The first-order valence-corrected chi connectivity index (χ1v) is 12.9. The number of carbonyl (C=O) groups is 4. The van der Waals surface area contributed by atoms with Crippen LogP contribution in [0.15, 0.2) is 60.7 Å². The molecule has 7 nitrogen and oxygen atoms in total. The number of methoxy groups -OCH3 is 1. The van der Waals surface area contributed by atoms with E-state index in [-0.39, 0.29) is 36.0 Å². The van der Waals surface area contributed by atoms with E-state index in [4.69, 9.17) is 4.74 Å². The number of benzene rings is 2. The number of esters is 1. The average Bonchev–Trinajstić information content (AvgIpc) is 3.68. The van der Waals surface area contributed by atoms with Crippen molar-refractivity contribution in [2.24, 2.45) is 35.5 Å². The van der Waals surface area contributed by atoms with E-state index < -0.39 is 5.97 Å². The molecule has 5 aliphatic rings. The topological polar surface area (TPSA) is 90.0 Å². The summed E-state index contributed by atoms with van der Waals surface area (Å²) in [6.45, 7) is -0.180. The molecule has 4 aliphatic carbocycles. The Kier molecular flexibility index (Phi) is 5.94. The Morgan fingerprint density at radius 2 is 1.46 bits per heavy atom. The predicted molar refractivity (Wildman–Crippen MR) is 135 cm³/mol. The van der Waals surface area contributed by atoms with Crippen LogP contribution in [0.25, 0.3) is 0 Å². The maximum Gasteiger partial charge on any atom is 0.337 e. The van der Waals surface area contributed by atoms with Gasteiger partial charge in [-0.05, 0) is 85.8 Å². The Bertz CT molecular complexity index is 1280. The molecule has 2 saturated carbocycles. The fourth-order valence-corrected chi connectivity index (χ4v) is 6.48. The van der Waals surface area contributed by atoms with E-state index in [9.17, 15) is 19.2 Å². The Morgan fingerprint density at radius 3 is 2.19 bits per heavy atom. The molecule has 6 unspecified atom stereocenters. The van der Waals surface area contributed by atoms with Gasteiger partial charge in [0, 0.05) is 5.56 Å². The van der Waals surface area contributed by atoms with Crippen molar-refractivity contribution >= 4 is 29.3 Å². The summed E-state index contributed by atoms with van der Waals surface area (Å²) in [6, 6.07) is 12.9. The lowest BCUT2D eigenvalue weighted by Gasteiger charge is -2.22. The van der Waals surface area contributed by atoms with Gasteiger partial charge in [0.15, 0.2) is 12.4 Å². The first-order chi connectivity index (χ1) is 17.9. The maximum absolute atomic E-state index is 13.4. The molecule has 0 aromatic heterocycles. The number of hydrogen-bond donors (Lipinski definition) is 0. The average molecular weight is 500 g/mol. The third-order valence-corrected chi connectivity index (χ3v) is 8.59. The van der Waals surface area contributed by atoms with E-state index in [1.165, 1.54) is 30.6 Å². The van der Waals surface area contributed by atoms with Gasteiger partial charge < -0.3 is 9.47 Å². The maximum atomic E-state index is 13.4. The van der Waals surface area contributed by atoms with E-state index in [1.807, 2.05) is 0 Å². The summed E-state index contributed by atoms with van der Waals surface area (Å²) in [4.78, 5) is 52.2. The second-order valence-corrected chi connectivity index (χ2v) is 10.6. The second-order valence-electron chi connectivity index (χ2n) is 10.6. The van der Waals surface area contributed by atoms with Crippen LogP contribution >= 0.6 is 0 Å². The molecular weight excluding hydrogens is 470 g/mol. The Labute approximate surface area is 215 Å². The summed E-state index contributed by atoms with van der Waals surface area (Å²) in [7, 11) is 1.30. The van der Waals surface area contributed by atoms with Gasteiger partial charge in [0.2, 0.25) is 11.8 Å². The number of nitrogens with zero attached hydrogens (tertiary/aromatic N) is 1. The highest BCUT2D eigenvalue weighted by Crippen LogP contribution is 2.58. The van der Waals surface area contributed by atoms with Crippen LogP contribution in [0.3, 0.4) is 0 Å². The molecule has 2 bridgehead atoms. The van der Waals surface area contributed by atoms with Crippen molar-refractivity contribution in [3.8, 4) is 5.75 Å². The first-order valence-electron chi connectivity index (χ1n) is 12.9. The normalized spacial score (nSPS) is 29.6. The van der Waals surface area contributed by atoms with Crippen LogP contribution < -0.4 is 9.64 Å². The van der Waals surface area contributed by atoms with Gasteiger partial charge in [0.25, 0.3) is 0 Å². The van der Waals surface area contributed by atoms with Crippen molar-refractivity contribution in [2.45, 2.75) is 25.7 Å². The van der Waals surface area contributed by atoms with Crippen LogP contribution in [0.5, 0.6) is 5.75 Å². The molecule has 0 radical (unpaired) electrons. The largest absolute Gasteiger partial charge is 0.485 e. The molecule has 1 aliphatic heterocycles. The van der Waals surface area contributed by atoms with Gasteiger partial charge in [-0.2, -0.15) is 0 Å². The van der Waals surface area contributed by atoms with Crippen molar-refractivity contribution in [3.63, 3.8) is 0 Å². The van der Waals surface area contributed by atoms with Crippen LogP contribution in [0, 0.1) is 35.5 Å². The van der Waals surface area contributed by atoms with E-state index in [1.54, 1.807) is 36.4 Å². The number of imide groups is 1. The zero-order valence-corrected chi connectivity index (χ0v) is 20.7. The Morgan fingerprint density at radius 1 is 0.811 bits per heavy atom. The standard InChI is InChI=1S/C30H29NO6/c1-36-30(35)19-5-3-18(4-6-19)27(32)16-37-22-11-9-21(10-12-22)31-28(33)23-13-8-17-2-7-20(25-15-24(17)25)14-26(23)29(31)34/h2-7,9-12,17,20,23-26H,8,13-16H2,1H3. The molecule has 190 valence electrons. The molecule has 7 rings (SSSR count). The summed E-state index contributed by atoms with van der Waals surface area (Å²) in [5, 5.41) is 0. The van der Waals surface area contributed by atoms with Crippen molar-refractivity contribution in [1.29, 1.82) is 0 Å². The van der Waals surface area contributed by atoms with Crippen LogP contribution in [0.1, 0.15) is 46.4 Å². The number of Topliss-reactive ketones (excluding diaryl/α,β-unsaturated/α-hetero) is 1. The number of rotatable bonds is 6. The van der Waals surface area contributed by atoms with Gasteiger partial charge in [0.1, 0.15) is 5.75 Å². The minimum absolute atomic E-state index is 0.0924. The molecule has 2 amide bonds. The molecule has 1 heterocycles. The van der Waals surface area contributed by atoms with Crippen LogP contribution in [0.4, 0.5) is 5.69 Å². The molecule has 3 fully saturated rings. The van der Waals surface area contributed by atoms with Crippen LogP contribution in [-0.2, 0) is 14.3 Å². The minimum atomic E-state index is -0.466. The number of hydrogen-bond acceptors (Lipinski definition) is 6. The van der Waals surface area contributed by atoms with Gasteiger partial charge in [-0.3, -0.25) is 19.3 Å². The molecular formula is C30H29NO6. The lowest BCUT2D eigenvalue weighted by Crippen LogP contribution is -2.31. The highest BCUT2D eigenvalue weighted by Gasteiger charge is 2.55. The fraction of sp³-hybridized carbons (Fsp3) is 0.400. The Balaban J connectivity index is 1.11. The van der Waals surface area contributed by atoms with E-state index >= 15 is 0 Å². The summed E-state index contributed by atoms with van der Waals surface area (Å²) in [6.07, 6.45) is 8.41. The molecule has 37 heavy (non-hydrogen) atoms. The second kappa shape index (κ2) is 9.29. The monoisotopic (exact) mass is 499 g/mol. The highest BCUT2D eigenvalue weighted by atomic mass is 16.5. The van der Waals surface area contributed by atoms with E-state index in [0.29, 0.717) is 40.3 Å². The van der Waals surface area contributed by atoms with Crippen molar-refractivity contribution in [1.82, 2.24) is 0 Å². The van der Waals surface area contributed by atoms with Crippen LogP contribution in [0.2, 0.25) is 0 Å². The van der Waals surface area contributed by atoms with Gasteiger partial charge >= 0.3 is 5.97 Å². The highest BCUT2D eigenvalue weighted by molar-refractivity contribution is 6.22. The summed E-state index contributed by atoms with van der Waals surface area (Å²) in [5.41, 5.74) is 1.33. The molecule has 0 spiro atoms. The van der Waals surface area contributed by atoms with Crippen LogP contribution in [-0.4, -0.2) is 37.3 Å². The quantitative estimate of drug-likeness (QED) is 0.252. The molecule has 2 aromatic carbocycles. The molecule has 2 aromatic rings. The third kappa shape index (κ3) is 4.26.